The Balaban J connectivity index is 1.63. The van der Waals surface area contributed by atoms with Crippen LogP contribution in [0.2, 0.25) is 5.02 Å². The van der Waals surface area contributed by atoms with E-state index < -0.39 is 6.04 Å². The smallest absolute Gasteiger partial charge is 0.223 e. The molecule has 0 aliphatic carbocycles. The molecule has 0 radical (unpaired) electrons. The van der Waals surface area contributed by atoms with Gasteiger partial charge in [-0.1, -0.05) is 54.1 Å². The lowest BCUT2D eigenvalue weighted by Crippen LogP contribution is -2.40. The predicted octanol–water partition coefficient (Wildman–Crippen LogP) is 4.18. The summed E-state index contributed by atoms with van der Waals surface area (Å²) < 4.78 is 0. The molecule has 2 aromatic carbocycles. The Hall–Kier alpha value is -2.46. The van der Waals surface area contributed by atoms with Gasteiger partial charge in [0.1, 0.15) is 0 Å². The van der Waals surface area contributed by atoms with Crippen molar-refractivity contribution in [3.8, 4) is 0 Å². The summed E-state index contributed by atoms with van der Waals surface area (Å²) in [4.78, 5) is 39.2. The number of carbonyl (C=O) groups is 3. The predicted molar refractivity (Wildman–Crippen MR) is 101 cm³/mol. The molecule has 4 nitrogen and oxygen atoms in total. The second-order valence-corrected chi connectivity index (χ2v) is 6.79. The number of likely N-dealkylation sites (tertiary alicyclic amines) is 1. The highest BCUT2D eigenvalue weighted by Gasteiger charge is 2.34. The minimum atomic E-state index is -0.430. The fraction of sp³-hybridized carbons (Fsp3) is 0.286. The van der Waals surface area contributed by atoms with Crippen LogP contribution < -0.4 is 0 Å². The first-order valence-electron chi connectivity index (χ1n) is 8.74. The molecule has 3 rings (SSSR count). The molecule has 0 N–H and O–H groups in total. The Kier molecular flexibility index (Phi) is 5.84. The van der Waals surface area contributed by atoms with Gasteiger partial charge in [0, 0.05) is 30.5 Å². The number of rotatable bonds is 6. The van der Waals surface area contributed by atoms with Crippen molar-refractivity contribution >= 4 is 29.1 Å². The van der Waals surface area contributed by atoms with Crippen LogP contribution in [0, 0.1) is 0 Å². The third-order valence-corrected chi connectivity index (χ3v) is 5.00. The van der Waals surface area contributed by atoms with Crippen molar-refractivity contribution in [2.45, 2.75) is 31.7 Å². The van der Waals surface area contributed by atoms with E-state index in [-0.39, 0.29) is 30.3 Å². The maximum Gasteiger partial charge on any atom is 0.223 e. The first-order valence-corrected chi connectivity index (χ1v) is 9.12. The molecule has 1 fully saturated rings. The van der Waals surface area contributed by atoms with Crippen molar-refractivity contribution in [1.82, 2.24) is 4.90 Å². The molecule has 0 bridgehead atoms. The van der Waals surface area contributed by atoms with Gasteiger partial charge in [-0.05, 0) is 25.0 Å². The lowest BCUT2D eigenvalue weighted by molar-refractivity contribution is -0.131. The Morgan fingerprint density at radius 2 is 1.65 bits per heavy atom. The highest BCUT2D eigenvalue weighted by atomic mass is 35.5. The lowest BCUT2D eigenvalue weighted by Gasteiger charge is -2.23. The van der Waals surface area contributed by atoms with E-state index in [2.05, 4.69) is 0 Å². The third kappa shape index (κ3) is 4.02. The SMILES string of the molecule is O=C(CCC(=O)N1CCCC1C(=O)c1ccccc1)c1ccccc1Cl. The van der Waals surface area contributed by atoms with Crippen molar-refractivity contribution < 1.29 is 14.4 Å². The molecule has 1 amide bonds. The molecule has 0 aromatic heterocycles. The number of carbonyl (C=O) groups excluding carboxylic acids is 3. The molecule has 134 valence electrons. The fourth-order valence-electron chi connectivity index (χ4n) is 3.32. The van der Waals surface area contributed by atoms with Gasteiger partial charge in [0.15, 0.2) is 11.6 Å². The van der Waals surface area contributed by atoms with Crippen LogP contribution >= 0.6 is 11.6 Å². The molecule has 1 aliphatic rings. The summed E-state index contributed by atoms with van der Waals surface area (Å²) in [5, 5.41) is 0.392. The molecule has 1 saturated heterocycles. The maximum atomic E-state index is 12.7. The van der Waals surface area contributed by atoms with Gasteiger partial charge in [0.05, 0.1) is 11.1 Å². The van der Waals surface area contributed by atoms with Crippen molar-refractivity contribution in [3.63, 3.8) is 0 Å². The van der Waals surface area contributed by atoms with E-state index >= 15 is 0 Å². The van der Waals surface area contributed by atoms with Gasteiger partial charge in [0.25, 0.3) is 0 Å². The van der Waals surface area contributed by atoms with Crippen molar-refractivity contribution in [2.75, 3.05) is 6.54 Å². The van der Waals surface area contributed by atoms with Crippen molar-refractivity contribution in [3.05, 3.63) is 70.7 Å². The Labute approximate surface area is 157 Å². The van der Waals surface area contributed by atoms with E-state index in [0.717, 1.165) is 6.42 Å². The van der Waals surface area contributed by atoms with E-state index in [1.54, 1.807) is 41.3 Å². The first-order chi connectivity index (χ1) is 12.6. The van der Waals surface area contributed by atoms with Gasteiger partial charge in [-0.3, -0.25) is 14.4 Å². The molecule has 0 saturated carbocycles. The number of hydrogen-bond acceptors (Lipinski definition) is 3. The number of hydrogen-bond donors (Lipinski definition) is 0. The lowest BCUT2D eigenvalue weighted by atomic mass is 10.0. The van der Waals surface area contributed by atoms with E-state index in [4.69, 9.17) is 11.6 Å². The second kappa shape index (κ2) is 8.28. The summed E-state index contributed by atoms with van der Waals surface area (Å²) in [6, 6.07) is 15.4. The molecular formula is C21H20ClNO3. The Bertz CT molecular complexity index is 819. The zero-order valence-electron chi connectivity index (χ0n) is 14.4. The zero-order valence-corrected chi connectivity index (χ0v) is 15.1. The average Bonchev–Trinajstić information content (AvgIpc) is 3.16. The monoisotopic (exact) mass is 369 g/mol. The molecule has 2 aromatic rings. The molecule has 1 aliphatic heterocycles. The number of benzene rings is 2. The standard InChI is InChI=1S/C21H20ClNO3/c22-17-10-5-4-9-16(17)19(24)12-13-20(25)23-14-6-11-18(23)21(26)15-7-2-1-3-8-15/h1-5,7-10,18H,6,11-14H2. The summed E-state index contributed by atoms with van der Waals surface area (Å²) in [6.07, 6.45) is 1.64. The number of nitrogens with zero attached hydrogens (tertiary/aromatic N) is 1. The molecule has 1 heterocycles. The zero-order chi connectivity index (χ0) is 18.5. The van der Waals surface area contributed by atoms with Crippen LogP contribution in [0.5, 0.6) is 0 Å². The van der Waals surface area contributed by atoms with Gasteiger partial charge >= 0.3 is 0 Å². The maximum absolute atomic E-state index is 12.7. The van der Waals surface area contributed by atoms with Gasteiger partial charge in [-0.15, -0.1) is 0 Å². The van der Waals surface area contributed by atoms with Crippen molar-refractivity contribution in [2.24, 2.45) is 0 Å². The van der Waals surface area contributed by atoms with Crippen LogP contribution in [-0.2, 0) is 4.79 Å². The summed E-state index contributed by atoms with van der Waals surface area (Å²) >= 11 is 6.03. The number of amides is 1. The van der Waals surface area contributed by atoms with Crippen LogP contribution in [0.4, 0.5) is 0 Å². The van der Waals surface area contributed by atoms with Gasteiger partial charge in [0.2, 0.25) is 5.91 Å². The number of Topliss-reactive ketones (excluding diaryl/α,β-unsaturated/α-hetero) is 2. The number of halogens is 1. The minimum Gasteiger partial charge on any atom is -0.332 e. The summed E-state index contributed by atoms with van der Waals surface area (Å²) in [5.74, 6) is -0.347. The third-order valence-electron chi connectivity index (χ3n) is 4.67. The van der Waals surface area contributed by atoms with Crippen LogP contribution in [-0.4, -0.2) is 35.0 Å². The van der Waals surface area contributed by atoms with Gasteiger partial charge in [-0.2, -0.15) is 0 Å². The summed E-state index contributed by atoms with van der Waals surface area (Å²) in [6.45, 7) is 0.558. The normalized spacial score (nSPS) is 16.5. The van der Waals surface area contributed by atoms with Crippen LogP contribution in [0.1, 0.15) is 46.4 Å². The highest BCUT2D eigenvalue weighted by Crippen LogP contribution is 2.23. The van der Waals surface area contributed by atoms with E-state index in [0.29, 0.717) is 29.1 Å². The Morgan fingerprint density at radius 1 is 0.962 bits per heavy atom. The Morgan fingerprint density at radius 3 is 2.38 bits per heavy atom. The molecule has 1 unspecified atom stereocenters. The molecule has 5 heteroatoms. The number of ketones is 2. The van der Waals surface area contributed by atoms with E-state index in [1.165, 1.54) is 0 Å². The van der Waals surface area contributed by atoms with E-state index in [1.807, 2.05) is 18.2 Å². The van der Waals surface area contributed by atoms with E-state index in [9.17, 15) is 14.4 Å². The van der Waals surface area contributed by atoms with Crippen LogP contribution in [0.15, 0.2) is 54.6 Å². The van der Waals surface area contributed by atoms with Crippen molar-refractivity contribution in [1.29, 1.82) is 0 Å². The quantitative estimate of drug-likeness (QED) is 0.718. The first kappa shape index (κ1) is 18.3. The summed E-state index contributed by atoms with van der Waals surface area (Å²) in [7, 11) is 0. The topological polar surface area (TPSA) is 54.5 Å². The van der Waals surface area contributed by atoms with Crippen LogP contribution in [0.3, 0.4) is 0 Å². The van der Waals surface area contributed by atoms with Crippen LogP contribution in [0.25, 0.3) is 0 Å². The fourth-order valence-corrected chi connectivity index (χ4v) is 3.56. The molecule has 26 heavy (non-hydrogen) atoms. The highest BCUT2D eigenvalue weighted by molar-refractivity contribution is 6.34. The molecule has 0 spiro atoms. The molecular weight excluding hydrogens is 350 g/mol. The summed E-state index contributed by atoms with van der Waals surface area (Å²) in [5.41, 5.74) is 1.05. The average molecular weight is 370 g/mol. The van der Waals surface area contributed by atoms with Gasteiger partial charge < -0.3 is 4.90 Å². The second-order valence-electron chi connectivity index (χ2n) is 6.38. The minimum absolute atomic E-state index is 0.0334. The van der Waals surface area contributed by atoms with Gasteiger partial charge in [-0.25, -0.2) is 0 Å². The molecule has 1 atom stereocenters. The largest absolute Gasteiger partial charge is 0.332 e.